The van der Waals surface area contributed by atoms with Crippen LogP contribution in [0.2, 0.25) is 0 Å². The summed E-state index contributed by atoms with van der Waals surface area (Å²) in [7, 11) is 1.34. The highest BCUT2D eigenvalue weighted by Gasteiger charge is 2.27. The Morgan fingerprint density at radius 2 is 1.84 bits per heavy atom. The number of hydrogen-bond acceptors (Lipinski definition) is 3. The summed E-state index contributed by atoms with van der Waals surface area (Å²) >= 11 is 0. The normalized spacial score (nSPS) is 11.9. The van der Waals surface area contributed by atoms with Crippen LogP contribution in [0.4, 0.5) is 0 Å². The number of carbonyl (C=O) groups excluding carboxylic acids is 2. The first-order valence-electron chi connectivity index (χ1n) is 8.53. The number of esters is 1. The number of ether oxygens (including phenoxy) is 1. The quantitative estimate of drug-likeness (QED) is 0.811. The highest BCUT2D eigenvalue weighted by Crippen LogP contribution is 2.22. The van der Waals surface area contributed by atoms with E-state index in [0.29, 0.717) is 29.1 Å². The van der Waals surface area contributed by atoms with E-state index in [2.05, 4.69) is 11.9 Å². The van der Waals surface area contributed by atoms with Gasteiger partial charge < -0.3 is 14.6 Å². The summed E-state index contributed by atoms with van der Waals surface area (Å²) in [5.41, 5.74) is 3.25. The first kappa shape index (κ1) is 18.8. The van der Waals surface area contributed by atoms with Crippen LogP contribution in [0.25, 0.3) is 0 Å². The molecule has 0 aliphatic heterocycles. The fraction of sp³-hybridized carbons (Fsp3) is 0.400. The smallest absolute Gasteiger partial charge is 0.339 e. The van der Waals surface area contributed by atoms with Crippen LogP contribution in [0.5, 0.6) is 0 Å². The number of aromatic amines is 1. The molecule has 5 heteroatoms. The van der Waals surface area contributed by atoms with E-state index in [1.807, 2.05) is 42.2 Å². The summed E-state index contributed by atoms with van der Waals surface area (Å²) in [4.78, 5) is 30.1. The maximum atomic E-state index is 13.2. The number of nitrogens with one attached hydrogen (secondary N) is 1. The van der Waals surface area contributed by atoms with Gasteiger partial charge in [-0.05, 0) is 38.3 Å². The fourth-order valence-corrected chi connectivity index (χ4v) is 2.94. The van der Waals surface area contributed by atoms with Crippen LogP contribution in [0.15, 0.2) is 30.3 Å². The third-order valence-electron chi connectivity index (χ3n) is 4.62. The first-order chi connectivity index (χ1) is 11.9. The van der Waals surface area contributed by atoms with Crippen molar-refractivity contribution in [2.24, 2.45) is 0 Å². The molecule has 5 nitrogen and oxygen atoms in total. The van der Waals surface area contributed by atoms with Crippen LogP contribution >= 0.6 is 0 Å². The average molecular weight is 342 g/mol. The molecule has 1 heterocycles. The fourth-order valence-electron chi connectivity index (χ4n) is 2.94. The summed E-state index contributed by atoms with van der Waals surface area (Å²) in [6.45, 7) is 8.18. The Hall–Kier alpha value is -2.56. The zero-order valence-electron chi connectivity index (χ0n) is 15.6. The lowest BCUT2D eigenvalue weighted by molar-refractivity contribution is 0.0599. The molecule has 0 radical (unpaired) electrons. The van der Waals surface area contributed by atoms with Gasteiger partial charge in [0.25, 0.3) is 5.91 Å². The van der Waals surface area contributed by atoms with Crippen molar-refractivity contribution in [1.29, 1.82) is 0 Å². The minimum absolute atomic E-state index is 0.0808. The zero-order chi connectivity index (χ0) is 18.6. The van der Waals surface area contributed by atoms with Crippen LogP contribution in [0, 0.1) is 13.8 Å². The van der Waals surface area contributed by atoms with Crippen LogP contribution < -0.4 is 0 Å². The molecule has 25 heavy (non-hydrogen) atoms. The highest BCUT2D eigenvalue weighted by molar-refractivity contribution is 6.00. The number of amides is 1. The Kier molecular flexibility index (Phi) is 6.02. The maximum absolute atomic E-state index is 13.2. The van der Waals surface area contributed by atoms with E-state index in [4.69, 9.17) is 4.74 Å². The van der Waals surface area contributed by atoms with Crippen molar-refractivity contribution < 1.29 is 14.3 Å². The second-order valence-electron chi connectivity index (χ2n) is 6.29. The molecular formula is C20H26N2O3. The van der Waals surface area contributed by atoms with Gasteiger partial charge in [0.15, 0.2) is 0 Å². The van der Waals surface area contributed by atoms with Crippen LogP contribution in [-0.2, 0) is 11.3 Å². The predicted molar refractivity (Wildman–Crippen MR) is 97.7 cm³/mol. The van der Waals surface area contributed by atoms with Gasteiger partial charge in [-0.15, -0.1) is 0 Å². The third kappa shape index (κ3) is 3.92. The minimum atomic E-state index is -0.427. The van der Waals surface area contributed by atoms with Crippen molar-refractivity contribution in [3.63, 3.8) is 0 Å². The second kappa shape index (κ2) is 8.01. The van der Waals surface area contributed by atoms with Crippen molar-refractivity contribution in [2.75, 3.05) is 7.11 Å². The van der Waals surface area contributed by atoms with E-state index < -0.39 is 5.97 Å². The lowest BCUT2D eigenvalue weighted by Crippen LogP contribution is -2.38. The SMILES string of the molecule is CCC(C)N(Cc1ccccc1)C(=O)c1[nH]c(C)c(C(=O)OC)c1C. The molecule has 0 saturated carbocycles. The Labute approximate surface area is 149 Å². The largest absolute Gasteiger partial charge is 0.465 e. The van der Waals surface area contributed by atoms with E-state index in [1.54, 1.807) is 13.8 Å². The van der Waals surface area contributed by atoms with E-state index >= 15 is 0 Å². The molecule has 134 valence electrons. The Morgan fingerprint density at radius 3 is 2.40 bits per heavy atom. The molecule has 1 aromatic carbocycles. The first-order valence-corrected chi connectivity index (χ1v) is 8.53. The number of nitrogens with zero attached hydrogens (tertiary/aromatic N) is 1. The summed E-state index contributed by atoms with van der Waals surface area (Å²) in [5.74, 6) is -0.530. The second-order valence-corrected chi connectivity index (χ2v) is 6.29. The predicted octanol–water partition coefficient (Wildman–Crippen LogP) is 3.86. The monoisotopic (exact) mass is 342 g/mol. The molecule has 1 amide bonds. The van der Waals surface area contributed by atoms with Gasteiger partial charge in [0.2, 0.25) is 0 Å². The summed E-state index contributed by atoms with van der Waals surface area (Å²) in [5, 5.41) is 0. The molecule has 2 rings (SSSR count). The Bertz CT molecular complexity index is 750. The number of aromatic nitrogens is 1. The molecule has 1 atom stereocenters. The van der Waals surface area contributed by atoms with Gasteiger partial charge in [-0.2, -0.15) is 0 Å². The van der Waals surface area contributed by atoms with Crippen molar-refractivity contribution in [3.8, 4) is 0 Å². The van der Waals surface area contributed by atoms with Crippen molar-refractivity contribution in [2.45, 2.75) is 46.7 Å². The van der Waals surface area contributed by atoms with Crippen LogP contribution in [0.1, 0.15) is 57.9 Å². The van der Waals surface area contributed by atoms with Gasteiger partial charge in [0.1, 0.15) is 5.69 Å². The van der Waals surface area contributed by atoms with Gasteiger partial charge in [0, 0.05) is 18.3 Å². The average Bonchev–Trinajstić information content (AvgIpc) is 2.93. The summed E-state index contributed by atoms with van der Waals surface area (Å²) < 4.78 is 4.83. The van der Waals surface area contributed by atoms with Gasteiger partial charge in [-0.25, -0.2) is 4.79 Å². The molecule has 0 bridgehead atoms. The number of methoxy groups -OCH3 is 1. The number of aryl methyl sites for hydroxylation is 1. The molecule has 0 fully saturated rings. The molecule has 1 aromatic heterocycles. The van der Waals surface area contributed by atoms with E-state index in [9.17, 15) is 9.59 Å². The summed E-state index contributed by atoms with van der Waals surface area (Å²) in [6, 6.07) is 9.99. The van der Waals surface area contributed by atoms with Crippen LogP contribution in [0.3, 0.4) is 0 Å². The van der Waals surface area contributed by atoms with E-state index in [0.717, 1.165) is 12.0 Å². The molecule has 1 unspecified atom stereocenters. The number of carbonyl (C=O) groups is 2. The molecule has 0 aliphatic carbocycles. The summed E-state index contributed by atoms with van der Waals surface area (Å²) in [6.07, 6.45) is 0.848. The molecule has 0 aliphatic rings. The molecule has 0 spiro atoms. The van der Waals surface area contributed by atoms with Crippen molar-refractivity contribution in [3.05, 3.63) is 58.4 Å². The van der Waals surface area contributed by atoms with Crippen molar-refractivity contribution >= 4 is 11.9 Å². The number of rotatable bonds is 6. The van der Waals surface area contributed by atoms with Crippen LogP contribution in [-0.4, -0.2) is 34.9 Å². The lowest BCUT2D eigenvalue weighted by atomic mass is 10.1. The zero-order valence-corrected chi connectivity index (χ0v) is 15.6. The van der Waals surface area contributed by atoms with Gasteiger partial charge in [-0.1, -0.05) is 37.3 Å². The van der Waals surface area contributed by atoms with E-state index in [1.165, 1.54) is 7.11 Å². The number of benzene rings is 1. The molecule has 2 aromatic rings. The van der Waals surface area contributed by atoms with Gasteiger partial charge in [-0.3, -0.25) is 4.79 Å². The van der Waals surface area contributed by atoms with Gasteiger partial charge >= 0.3 is 5.97 Å². The molecular weight excluding hydrogens is 316 g/mol. The molecule has 1 N–H and O–H groups in total. The Balaban J connectivity index is 2.38. The maximum Gasteiger partial charge on any atom is 0.339 e. The number of hydrogen-bond donors (Lipinski definition) is 1. The lowest BCUT2D eigenvalue weighted by Gasteiger charge is -2.28. The topological polar surface area (TPSA) is 62.4 Å². The third-order valence-corrected chi connectivity index (χ3v) is 4.62. The Morgan fingerprint density at radius 1 is 1.20 bits per heavy atom. The van der Waals surface area contributed by atoms with Crippen molar-refractivity contribution in [1.82, 2.24) is 9.88 Å². The van der Waals surface area contributed by atoms with Gasteiger partial charge in [0.05, 0.1) is 12.7 Å². The number of H-pyrrole nitrogens is 1. The van der Waals surface area contributed by atoms with E-state index in [-0.39, 0.29) is 11.9 Å². The minimum Gasteiger partial charge on any atom is -0.465 e. The highest BCUT2D eigenvalue weighted by atomic mass is 16.5. The molecule has 0 saturated heterocycles. The standard InChI is InChI=1S/C20H26N2O3/c1-6-13(2)22(12-16-10-8-7-9-11-16)19(23)18-14(3)17(15(4)21-18)20(24)25-5/h7-11,13,21H,6,12H2,1-5H3.